The molecule has 6 heteroatoms. The Balaban J connectivity index is 2.15. The summed E-state index contributed by atoms with van der Waals surface area (Å²) in [7, 11) is 1.54. The van der Waals surface area contributed by atoms with E-state index in [4.69, 9.17) is 16.3 Å². The quantitative estimate of drug-likeness (QED) is 0.782. The van der Waals surface area contributed by atoms with Gasteiger partial charge in [-0.2, -0.15) is 0 Å². The molecular weight excluding hydrogens is 364 g/mol. The van der Waals surface area contributed by atoms with Gasteiger partial charge in [0.25, 0.3) is 11.8 Å². The Labute approximate surface area is 163 Å². The van der Waals surface area contributed by atoms with Crippen LogP contribution in [0.15, 0.2) is 48.2 Å². The van der Waals surface area contributed by atoms with Crippen LogP contribution in [-0.4, -0.2) is 29.9 Å². The third kappa shape index (κ3) is 3.43. The molecule has 0 unspecified atom stereocenters. The lowest BCUT2D eigenvalue weighted by molar-refractivity contribution is -0.138. The van der Waals surface area contributed by atoms with Crippen molar-refractivity contribution in [1.82, 2.24) is 4.90 Å². The predicted octanol–water partition coefficient (Wildman–Crippen LogP) is 4.26. The summed E-state index contributed by atoms with van der Waals surface area (Å²) in [6.07, 6.45) is 0. The van der Waals surface area contributed by atoms with Crippen molar-refractivity contribution in [3.05, 3.63) is 64.3 Å². The zero-order valence-electron chi connectivity index (χ0n) is 15.7. The average Bonchev–Trinajstić information content (AvgIpc) is 2.88. The minimum atomic E-state index is -0.368. The Morgan fingerprint density at radius 3 is 2.41 bits per heavy atom. The molecule has 2 aromatic carbocycles. The molecule has 0 radical (unpaired) electrons. The van der Waals surface area contributed by atoms with Crippen LogP contribution in [0.4, 0.5) is 5.69 Å². The summed E-state index contributed by atoms with van der Waals surface area (Å²) in [6, 6.07) is 12.3. The summed E-state index contributed by atoms with van der Waals surface area (Å²) < 4.78 is 5.41. The van der Waals surface area contributed by atoms with E-state index in [-0.39, 0.29) is 23.6 Å². The van der Waals surface area contributed by atoms with Gasteiger partial charge in [-0.3, -0.25) is 14.5 Å². The molecule has 0 aliphatic carbocycles. The fourth-order valence-electron chi connectivity index (χ4n) is 3.05. The molecule has 2 amide bonds. The predicted molar refractivity (Wildman–Crippen MR) is 107 cm³/mol. The van der Waals surface area contributed by atoms with Crippen molar-refractivity contribution in [3.63, 3.8) is 0 Å². The molecule has 27 heavy (non-hydrogen) atoms. The number of aryl methyl sites for hydroxylation is 1. The van der Waals surface area contributed by atoms with E-state index in [0.29, 0.717) is 27.6 Å². The van der Waals surface area contributed by atoms with Gasteiger partial charge in [-0.05, 0) is 44.5 Å². The number of ether oxygens (including phenoxy) is 1. The van der Waals surface area contributed by atoms with E-state index in [1.807, 2.05) is 25.1 Å². The standard InChI is InChI=1S/C21H21ClN2O3/c1-12(2)24-20(25)18(15-7-5-6-8-17(15)27-4)19(21(24)26)23-14-10-9-13(3)16(22)11-14/h5-12,23H,1-4H3. The summed E-state index contributed by atoms with van der Waals surface area (Å²) in [5.74, 6) is -0.187. The van der Waals surface area contributed by atoms with Gasteiger partial charge in [-0.25, -0.2) is 0 Å². The molecule has 1 aliphatic heterocycles. The van der Waals surface area contributed by atoms with Crippen LogP contribution in [-0.2, 0) is 9.59 Å². The Morgan fingerprint density at radius 1 is 1.07 bits per heavy atom. The van der Waals surface area contributed by atoms with Crippen LogP contribution in [0.25, 0.3) is 5.57 Å². The first-order valence-corrected chi connectivity index (χ1v) is 9.01. The Hall–Kier alpha value is -2.79. The second-order valence-corrected chi connectivity index (χ2v) is 7.02. The van der Waals surface area contributed by atoms with E-state index >= 15 is 0 Å². The molecule has 1 N–H and O–H groups in total. The van der Waals surface area contributed by atoms with Gasteiger partial charge in [-0.1, -0.05) is 35.9 Å². The van der Waals surface area contributed by atoms with Crippen LogP contribution in [0.3, 0.4) is 0 Å². The maximum Gasteiger partial charge on any atom is 0.278 e. The van der Waals surface area contributed by atoms with Crippen molar-refractivity contribution in [2.24, 2.45) is 0 Å². The number of carbonyl (C=O) groups is 2. The molecule has 0 aromatic heterocycles. The minimum absolute atomic E-state index is 0.220. The fraction of sp³-hybridized carbons (Fsp3) is 0.238. The number of para-hydroxylation sites is 1. The molecule has 1 heterocycles. The van der Waals surface area contributed by atoms with Crippen molar-refractivity contribution in [2.75, 3.05) is 12.4 Å². The van der Waals surface area contributed by atoms with Crippen LogP contribution in [0.2, 0.25) is 5.02 Å². The summed E-state index contributed by atoms with van der Waals surface area (Å²) in [5, 5.41) is 3.68. The van der Waals surface area contributed by atoms with E-state index in [0.717, 1.165) is 5.56 Å². The number of nitrogens with one attached hydrogen (secondary N) is 1. The first kappa shape index (κ1) is 19.0. The molecule has 5 nitrogen and oxygen atoms in total. The number of carbonyl (C=O) groups excluding carboxylic acids is 2. The number of methoxy groups -OCH3 is 1. The maximum absolute atomic E-state index is 13.1. The van der Waals surface area contributed by atoms with Gasteiger partial charge in [0, 0.05) is 22.3 Å². The number of halogens is 1. The van der Waals surface area contributed by atoms with Gasteiger partial charge in [0.1, 0.15) is 11.4 Å². The van der Waals surface area contributed by atoms with E-state index in [9.17, 15) is 9.59 Å². The van der Waals surface area contributed by atoms with E-state index in [1.165, 1.54) is 12.0 Å². The van der Waals surface area contributed by atoms with Gasteiger partial charge in [-0.15, -0.1) is 0 Å². The van der Waals surface area contributed by atoms with Gasteiger partial charge in [0.05, 0.1) is 12.7 Å². The molecule has 2 aromatic rings. The van der Waals surface area contributed by atoms with Crippen molar-refractivity contribution >= 4 is 34.7 Å². The van der Waals surface area contributed by atoms with E-state index < -0.39 is 0 Å². The zero-order chi connectivity index (χ0) is 19.7. The summed E-state index contributed by atoms with van der Waals surface area (Å²) in [6.45, 7) is 5.51. The SMILES string of the molecule is COc1ccccc1C1=C(Nc2ccc(C)c(Cl)c2)C(=O)N(C(C)C)C1=O. The van der Waals surface area contributed by atoms with Gasteiger partial charge < -0.3 is 10.1 Å². The number of benzene rings is 2. The topological polar surface area (TPSA) is 58.6 Å². The van der Waals surface area contributed by atoms with Crippen LogP contribution in [0.5, 0.6) is 5.75 Å². The van der Waals surface area contributed by atoms with Crippen LogP contribution >= 0.6 is 11.6 Å². The first-order chi connectivity index (χ1) is 12.8. The molecule has 0 atom stereocenters. The van der Waals surface area contributed by atoms with E-state index in [1.54, 1.807) is 38.1 Å². The zero-order valence-corrected chi connectivity index (χ0v) is 16.4. The average molecular weight is 385 g/mol. The molecule has 140 valence electrons. The van der Waals surface area contributed by atoms with Gasteiger partial charge in [0.15, 0.2) is 0 Å². The number of amides is 2. The highest BCUT2D eigenvalue weighted by atomic mass is 35.5. The van der Waals surface area contributed by atoms with Crippen molar-refractivity contribution in [3.8, 4) is 5.75 Å². The summed E-state index contributed by atoms with van der Waals surface area (Å²) in [4.78, 5) is 27.3. The number of imide groups is 1. The first-order valence-electron chi connectivity index (χ1n) is 8.64. The van der Waals surface area contributed by atoms with Crippen molar-refractivity contribution in [2.45, 2.75) is 26.8 Å². The summed E-state index contributed by atoms with van der Waals surface area (Å²) in [5.41, 5.74) is 2.65. The normalized spacial score (nSPS) is 14.4. The van der Waals surface area contributed by atoms with Crippen LogP contribution in [0, 0.1) is 6.92 Å². The highest BCUT2D eigenvalue weighted by Crippen LogP contribution is 2.36. The molecular formula is C21H21ClN2O3. The highest BCUT2D eigenvalue weighted by Gasteiger charge is 2.41. The lowest BCUT2D eigenvalue weighted by atomic mass is 10.0. The minimum Gasteiger partial charge on any atom is -0.496 e. The molecule has 0 fully saturated rings. The molecule has 0 bridgehead atoms. The largest absolute Gasteiger partial charge is 0.496 e. The van der Waals surface area contributed by atoms with Crippen molar-refractivity contribution in [1.29, 1.82) is 0 Å². The fourth-order valence-corrected chi connectivity index (χ4v) is 3.23. The second kappa shape index (κ2) is 7.45. The molecule has 0 saturated heterocycles. The highest BCUT2D eigenvalue weighted by molar-refractivity contribution is 6.37. The molecule has 0 spiro atoms. The van der Waals surface area contributed by atoms with Gasteiger partial charge in [0.2, 0.25) is 0 Å². The Morgan fingerprint density at radius 2 is 1.78 bits per heavy atom. The van der Waals surface area contributed by atoms with Crippen LogP contribution in [0.1, 0.15) is 25.0 Å². The number of rotatable bonds is 5. The van der Waals surface area contributed by atoms with Gasteiger partial charge >= 0.3 is 0 Å². The Bertz CT molecular complexity index is 950. The third-order valence-corrected chi connectivity index (χ3v) is 4.86. The van der Waals surface area contributed by atoms with Crippen LogP contribution < -0.4 is 10.1 Å². The molecule has 0 saturated carbocycles. The number of hydrogen-bond acceptors (Lipinski definition) is 4. The lowest BCUT2D eigenvalue weighted by Gasteiger charge is -2.19. The lowest BCUT2D eigenvalue weighted by Crippen LogP contribution is -2.38. The number of hydrogen-bond donors (Lipinski definition) is 1. The molecule has 1 aliphatic rings. The maximum atomic E-state index is 13.1. The summed E-state index contributed by atoms with van der Waals surface area (Å²) >= 11 is 6.21. The smallest absolute Gasteiger partial charge is 0.278 e. The van der Waals surface area contributed by atoms with Crippen molar-refractivity contribution < 1.29 is 14.3 Å². The molecule has 3 rings (SSSR count). The third-order valence-electron chi connectivity index (χ3n) is 4.45. The number of nitrogens with zero attached hydrogens (tertiary/aromatic N) is 1. The Kier molecular flexibility index (Phi) is 5.24. The monoisotopic (exact) mass is 384 g/mol. The number of anilines is 1. The van der Waals surface area contributed by atoms with E-state index in [2.05, 4.69) is 5.32 Å². The second-order valence-electron chi connectivity index (χ2n) is 6.61.